The summed E-state index contributed by atoms with van der Waals surface area (Å²) < 4.78 is 5.34. The number of rotatable bonds is 2. The summed E-state index contributed by atoms with van der Waals surface area (Å²) in [5.41, 5.74) is 2.62. The molecule has 1 aromatic carbocycles. The number of benzene rings is 1. The molecule has 1 aliphatic rings. The van der Waals surface area contributed by atoms with Crippen molar-refractivity contribution < 1.29 is 9.53 Å². The van der Waals surface area contributed by atoms with Crippen molar-refractivity contribution in [1.82, 2.24) is 0 Å². The molecule has 2 atom stereocenters. The van der Waals surface area contributed by atoms with Crippen LogP contribution in [0.4, 0.5) is 0 Å². The van der Waals surface area contributed by atoms with Gasteiger partial charge in [0.25, 0.3) is 0 Å². The van der Waals surface area contributed by atoms with Crippen molar-refractivity contribution in [3.05, 3.63) is 35.4 Å². The lowest BCUT2D eigenvalue weighted by atomic mass is 9.88. The number of hydrogen-bond acceptors (Lipinski definition) is 2. The summed E-state index contributed by atoms with van der Waals surface area (Å²) in [6, 6.07) is 8.53. The van der Waals surface area contributed by atoms with E-state index in [1.165, 1.54) is 11.1 Å². The average Bonchev–Trinajstić information content (AvgIpc) is 2.29. The molecular weight excluding hydrogens is 188 g/mol. The molecule has 1 heterocycles. The van der Waals surface area contributed by atoms with Gasteiger partial charge >= 0.3 is 0 Å². The topological polar surface area (TPSA) is 26.3 Å². The second-order valence-corrected chi connectivity index (χ2v) is 4.18. The van der Waals surface area contributed by atoms with Crippen LogP contribution in [-0.4, -0.2) is 19.0 Å². The van der Waals surface area contributed by atoms with Crippen LogP contribution in [0, 0.1) is 6.92 Å². The van der Waals surface area contributed by atoms with Crippen LogP contribution < -0.4 is 0 Å². The normalized spacial score (nSPS) is 26.2. The van der Waals surface area contributed by atoms with Gasteiger partial charge in [0.05, 0.1) is 0 Å². The highest BCUT2D eigenvalue weighted by molar-refractivity contribution is 5.56. The maximum Gasteiger partial charge on any atom is 0.148 e. The van der Waals surface area contributed by atoms with Gasteiger partial charge in [0.15, 0.2) is 0 Å². The molecule has 0 N–H and O–H groups in total. The highest BCUT2D eigenvalue weighted by Gasteiger charge is 2.23. The van der Waals surface area contributed by atoms with Crippen LogP contribution in [0.2, 0.25) is 0 Å². The van der Waals surface area contributed by atoms with Gasteiger partial charge in [-0.05, 0) is 31.2 Å². The fraction of sp³-hybridized carbons (Fsp3) is 0.462. The Bertz CT molecular complexity index is 346. The van der Waals surface area contributed by atoms with E-state index in [-0.39, 0.29) is 6.10 Å². The van der Waals surface area contributed by atoms with Crippen molar-refractivity contribution in [3.63, 3.8) is 0 Å². The lowest BCUT2D eigenvalue weighted by Gasteiger charge is -2.26. The number of carbonyl (C=O) groups excluding carboxylic acids is 1. The highest BCUT2D eigenvalue weighted by atomic mass is 16.5. The summed E-state index contributed by atoms with van der Waals surface area (Å²) >= 11 is 0. The number of aldehydes is 1. The third kappa shape index (κ3) is 2.45. The van der Waals surface area contributed by atoms with Gasteiger partial charge in [0.2, 0.25) is 0 Å². The molecule has 2 unspecified atom stereocenters. The van der Waals surface area contributed by atoms with Gasteiger partial charge in [-0.25, -0.2) is 0 Å². The van der Waals surface area contributed by atoms with Crippen LogP contribution in [0.3, 0.4) is 0 Å². The molecule has 0 aliphatic carbocycles. The van der Waals surface area contributed by atoms with Crippen LogP contribution in [0.1, 0.15) is 29.9 Å². The Balaban J connectivity index is 2.13. The summed E-state index contributed by atoms with van der Waals surface area (Å²) in [7, 11) is 0. The van der Waals surface area contributed by atoms with Gasteiger partial charge in [0, 0.05) is 6.61 Å². The lowest BCUT2D eigenvalue weighted by molar-refractivity contribution is -0.121. The van der Waals surface area contributed by atoms with Gasteiger partial charge in [-0.1, -0.05) is 29.8 Å². The van der Waals surface area contributed by atoms with Crippen molar-refractivity contribution in [3.8, 4) is 0 Å². The Hall–Kier alpha value is -1.15. The Labute approximate surface area is 90.3 Å². The van der Waals surface area contributed by atoms with Gasteiger partial charge in [-0.2, -0.15) is 0 Å². The van der Waals surface area contributed by atoms with E-state index < -0.39 is 0 Å². The average molecular weight is 204 g/mol. The highest BCUT2D eigenvalue weighted by Crippen LogP contribution is 2.29. The van der Waals surface area contributed by atoms with Crippen molar-refractivity contribution in [2.24, 2.45) is 0 Å². The molecule has 1 aromatic rings. The molecule has 0 aromatic heterocycles. The monoisotopic (exact) mass is 204 g/mol. The van der Waals surface area contributed by atoms with E-state index in [0.717, 1.165) is 19.1 Å². The smallest absolute Gasteiger partial charge is 0.148 e. The molecule has 2 heteroatoms. The molecule has 0 radical (unpaired) electrons. The Morgan fingerprint density at radius 1 is 1.47 bits per heavy atom. The minimum atomic E-state index is -0.204. The Morgan fingerprint density at radius 3 is 3.07 bits per heavy atom. The third-order valence-electron chi connectivity index (χ3n) is 2.98. The minimum absolute atomic E-state index is 0.204. The fourth-order valence-electron chi connectivity index (χ4n) is 2.15. The first-order chi connectivity index (χ1) is 7.29. The van der Waals surface area contributed by atoms with Crippen molar-refractivity contribution in [1.29, 1.82) is 0 Å². The largest absolute Gasteiger partial charge is 0.371 e. The zero-order valence-electron chi connectivity index (χ0n) is 8.98. The molecule has 1 fully saturated rings. The van der Waals surface area contributed by atoms with Gasteiger partial charge in [-0.3, -0.25) is 0 Å². The molecule has 1 saturated heterocycles. The standard InChI is InChI=1S/C13H16O2/c1-10-3-2-4-11(7-10)12-5-6-15-13(8-12)9-14/h2-4,7,9,12-13H,5-6,8H2,1H3. The van der Waals surface area contributed by atoms with E-state index in [0.29, 0.717) is 12.5 Å². The summed E-state index contributed by atoms with van der Waals surface area (Å²) in [4.78, 5) is 10.7. The van der Waals surface area contributed by atoms with E-state index >= 15 is 0 Å². The van der Waals surface area contributed by atoms with Crippen LogP contribution in [-0.2, 0) is 9.53 Å². The quantitative estimate of drug-likeness (QED) is 0.692. The Morgan fingerprint density at radius 2 is 2.33 bits per heavy atom. The molecular formula is C13H16O2. The molecule has 15 heavy (non-hydrogen) atoms. The summed E-state index contributed by atoms with van der Waals surface area (Å²) in [6.45, 7) is 2.79. The number of ether oxygens (including phenoxy) is 1. The van der Waals surface area contributed by atoms with Crippen molar-refractivity contribution in [2.45, 2.75) is 31.8 Å². The Kier molecular flexibility index (Phi) is 3.17. The fourth-order valence-corrected chi connectivity index (χ4v) is 2.15. The third-order valence-corrected chi connectivity index (χ3v) is 2.98. The summed E-state index contributed by atoms with van der Waals surface area (Å²) in [6.07, 6.45) is 2.56. The molecule has 2 nitrogen and oxygen atoms in total. The SMILES string of the molecule is Cc1cccc(C2CCOC(C=O)C2)c1. The van der Waals surface area contributed by atoms with Crippen LogP contribution in [0.15, 0.2) is 24.3 Å². The predicted molar refractivity (Wildman–Crippen MR) is 59.0 cm³/mol. The molecule has 80 valence electrons. The van der Waals surface area contributed by atoms with Gasteiger partial charge < -0.3 is 9.53 Å². The van der Waals surface area contributed by atoms with E-state index in [9.17, 15) is 4.79 Å². The molecule has 1 aliphatic heterocycles. The number of hydrogen-bond donors (Lipinski definition) is 0. The predicted octanol–water partition coefficient (Wildman–Crippen LogP) is 2.46. The van der Waals surface area contributed by atoms with Crippen molar-refractivity contribution in [2.75, 3.05) is 6.61 Å². The van der Waals surface area contributed by atoms with E-state index in [4.69, 9.17) is 4.74 Å². The molecule has 2 rings (SSSR count). The second-order valence-electron chi connectivity index (χ2n) is 4.18. The van der Waals surface area contributed by atoms with E-state index in [1.54, 1.807) is 0 Å². The zero-order valence-corrected chi connectivity index (χ0v) is 8.98. The maximum atomic E-state index is 10.7. The zero-order chi connectivity index (χ0) is 10.7. The van der Waals surface area contributed by atoms with Gasteiger partial charge in [-0.15, -0.1) is 0 Å². The van der Waals surface area contributed by atoms with Crippen LogP contribution in [0.5, 0.6) is 0 Å². The molecule has 0 saturated carbocycles. The lowest BCUT2D eigenvalue weighted by Crippen LogP contribution is -2.25. The molecule has 0 bridgehead atoms. The van der Waals surface area contributed by atoms with E-state index in [1.807, 2.05) is 0 Å². The van der Waals surface area contributed by atoms with Crippen LogP contribution in [0.25, 0.3) is 0 Å². The van der Waals surface area contributed by atoms with Crippen LogP contribution >= 0.6 is 0 Å². The number of carbonyl (C=O) groups is 1. The van der Waals surface area contributed by atoms with Gasteiger partial charge in [0.1, 0.15) is 12.4 Å². The van der Waals surface area contributed by atoms with Crippen molar-refractivity contribution >= 4 is 6.29 Å². The number of aryl methyl sites for hydroxylation is 1. The van der Waals surface area contributed by atoms with E-state index in [2.05, 4.69) is 31.2 Å². The minimum Gasteiger partial charge on any atom is -0.371 e. The first kappa shape index (κ1) is 10.4. The summed E-state index contributed by atoms with van der Waals surface area (Å²) in [5, 5.41) is 0. The molecule has 0 amide bonds. The maximum absolute atomic E-state index is 10.7. The first-order valence-electron chi connectivity index (χ1n) is 5.43. The first-order valence-corrected chi connectivity index (χ1v) is 5.43. The second kappa shape index (κ2) is 4.58. The summed E-state index contributed by atoms with van der Waals surface area (Å²) in [5.74, 6) is 0.480. The molecule has 0 spiro atoms.